The maximum atomic E-state index is 13.7. The molecular formula is C15H20F2O. The van der Waals surface area contributed by atoms with Crippen LogP contribution in [0.3, 0.4) is 0 Å². The maximum Gasteiger partial charge on any atom is 0.129 e. The average molecular weight is 254 g/mol. The lowest BCUT2D eigenvalue weighted by atomic mass is 9.76. The summed E-state index contributed by atoms with van der Waals surface area (Å²) in [6.07, 6.45) is 4.64. The van der Waals surface area contributed by atoms with Crippen molar-refractivity contribution in [3.63, 3.8) is 0 Å². The molecule has 3 heteroatoms. The van der Waals surface area contributed by atoms with Crippen LogP contribution in [-0.2, 0) is 11.2 Å². The summed E-state index contributed by atoms with van der Waals surface area (Å²) in [5.74, 6) is -0.281. The number of hydrogen-bond acceptors (Lipinski definition) is 1. The molecule has 0 spiro atoms. The second kappa shape index (κ2) is 5.35. The molecule has 18 heavy (non-hydrogen) atoms. The minimum atomic E-state index is -0.528. The van der Waals surface area contributed by atoms with Crippen LogP contribution in [0.1, 0.15) is 38.2 Å². The van der Waals surface area contributed by atoms with Crippen molar-refractivity contribution in [2.24, 2.45) is 5.92 Å². The first kappa shape index (κ1) is 13.5. The lowest BCUT2D eigenvalue weighted by Crippen LogP contribution is -2.38. The van der Waals surface area contributed by atoms with Gasteiger partial charge in [0.2, 0.25) is 0 Å². The van der Waals surface area contributed by atoms with Crippen molar-refractivity contribution in [1.82, 2.24) is 0 Å². The molecule has 1 nitrogen and oxygen atoms in total. The summed E-state index contributed by atoms with van der Waals surface area (Å²) in [6, 6.07) is 3.79. The van der Waals surface area contributed by atoms with Crippen molar-refractivity contribution >= 4 is 0 Å². The summed E-state index contributed by atoms with van der Waals surface area (Å²) < 4.78 is 32.2. The molecule has 0 aromatic heterocycles. The third kappa shape index (κ3) is 2.89. The zero-order chi connectivity index (χ0) is 13.2. The van der Waals surface area contributed by atoms with Gasteiger partial charge in [-0.05, 0) is 43.2 Å². The number of halogens is 2. The van der Waals surface area contributed by atoms with Gasteiger partial charge in [-0.1, -0.05) is 13.0 Å². The van der Waals surface area contributed by atoms with Crippen molar-refractivity contribution in [3.8, 4) is 0 Å². The molecule has 0 N–H and O–H groups in total. The molecule has 2 rings (SSSR count). The zero-order valence-corrected chi connectivity index (χ0v) is 11.0. The Labute approximate surface area is 107 Å². The van der Waals surface area contributed by atoms with E-state index in [1.807, 2.05) is 0 Å². The second-order valence-electron chi connectivity index (χ2n) is 5.48. The Kier molecular flexibility index (Phi) is 4.00. The molecule has 1 aliphatic rings. The fraction of sp³-hybridized carbons (Fsp3) is 0.600. The molecule has 1 aromatic carbocycles. The summed E-state index contributed by atoms with van der Waals surface area (Å²) in [5.41, 5.74) is 0.276. The highest BCUT2D eigenvalue weighted by Crippen LogP contribution is 2.37. The van der Waals surface area contributed by atoms with Crippen LogP contribution in [0, 0.1) is 17.6 Å². The van der Waals surface area contributed by atoms with Gasteiger partial charge in [-0.15, -0.1) is 0 Å². The van der Waals surface area contributed by atoms with Gasteiger partial charge in [-0.2, -0.15) is 0 Å². The Balaban J connectivity index is 2.15. The minimum Gasteiger partial charge on any atom is -0.378 e. The predicted octanol–water partition coefficient (Wildman–Crippen LogP) is 4.10. The second-order valence-corrected chi connectivity index (χ2v) is 5.48. The largest absolute Gasteiger partial charge is 0.378 e. The topological polar surface area (TPSA) is 9.23 Å². The normalized spacial score (nSPS) is 28.3. The van der Waals surface area contributed by atoms with Gasteiger partial charge in [0.05, 0.1) is 5.60 Å². The Morgan fingerprint density at radius 3 is 2.50 bits per heavy atom. The Morgan fingerprint density at radius 2 is 1.94 bits per heavy atom. The quantitative estimate of drug-likeness (QED) is 0.789. The van der Waals surface area contributed by atoms with E-state index in [4.69, 9.17) is 4.74 Å². The van der Waals surface area contributed by atoms with Crippen LogP contribution >= 0.6 is 0 Å². The lowest BCUT2D eigenvalue weighted by molar-refractivity contribution is -0.0475. The Hall–Kier alpha value is -0.960. The van der Waals surface area contributed by atoms with Crippen LogP contribution in [0.15, 0.2) is 18.2 Å². The zero-order valence-electron chi connectivity index (χ0n) is 11.0. The van der Waals surface area contributed by atoms with E-state index < -0.39 is 11.6 Å². The smallest absolute Gasteiger partial charge is 0.129 e. The van der Waals surface area contributed by atoms with Crippen LogP contribution < -0.4 is 0 Å². The number of methoxy groups -OCH3 is 1. The highest BCUT2D eigenvalue weighted by atomic mass is 19.1. The van der Waals surface area contributed by atoms with Crippen LogP contribution in [0.2, 0.25) is 0 Å². The molecule has 0 bridgehead atoms. The van der Waals surface area contributed by atoms with E-state index in [-0.39, 0.29) is 5.60 Å². The summed E-state index contributed by atoms with van der Waals surface area (Å²) in [7, 11) is 1.69. The van der Waals surface area contributed by atoms with Crippen molar-refractivity contribution in [2.75, 3.05) is 7.11 Å². The molecular weight excluding hydrogens is 234 g/mol. The molecule has 1 fully saturated rings. The first-order valence-corrected chi connectivity index (χ1v) is 6.54. The first-order valence-electron chi connectivity index (χ1n) is 6.54. The monoisotopic (exact) mass is 254 g/mol. The molecule has 1 saturated carbocycles. The van der Waals surface area contributed by atoms with E-state index in [0.717, 1.165) is 31.7 Å². The summed E-state index contributed by atoms with van der Waals surface area (Å²) in [6.45, 7) is 2.23. The van der Waals surface area contributed by atoms with Gasteiger partial charge in [0.25, 0.3) is 0 Å². The third-order valence-corrected chi connectivity index (χ3v) is 4.15. The maximum absolute atomic E-state index is 13.7. The van der Waals surface area contributed by atoms with Crippen molar-refractivity contribution < 1.29 is 13.5 Å². The standard InChI is InChI=1S/C15H20F2O/c1-11-5-7-15(18-2,8-6-11)10-12-3-4-13(16)9-14(12)17/h3-4,9,11H,5-8,10H2,1-2H3. The summed E-state index contributed by atoms with van der Waals surface area (Å²) in [5, 5.41) is 0. The highest BCUT2D eigenvalue weighted by molar-refractivity contribution is 5.21. The van der Waals surface area contributed by atoms with Crippen molar-refractivity contribution in [1.29, 1.82) is 0 Å². The van der Waals surface area contributed by atoms with Gasteiger partial charge in [0.15, 0.2) is 0 Å². The highest BCUT2D eigenvalue weighted by Gasteiger charge is 2.34. The SMILES string of the molecule is COC1(Cc2ccc(F)cc2F)CCC(C)CC1. The van der Waals surface area contributed by atoms with Gasteiger partial charge in [0, 0.05) is 19.6 Å². The molecule has 0 unspecified atom stereocenters. The number of ether oxygens (including phenoxy) is 1. The molecule has 0 heterocycles. The van der Waals surface area contributed by atoms with E-state index in [9.17, 15) is 8.78 Å². The summed E-state index contributed by atoms with van der Waals surface area (Å²) >= 11 is 0. The predicted molar refractivity (Wildman–Crippen MR) is 67.4 cm³/mol. The van der Waals surface area contributed by atoms with Crippen molar-refractivity contribution in [3.05, 3.63) is 35.4 Å². The molecule has 100 valence electrons. The van der Waals surface area contributed by atoms with Crippen LogP contribution in [0.5, 0.6) is 0 Å². The number of hydrogen-bond donors (Lipinski definition) is 0. The average Bonchev–Trinajstić information content (AvgIpc) is 2.36. The third-order valence-electron chi connectivity index (χ3n) is 4.15. The lowest BCUT2D eigenvalue weighted by Gasteiger charge is -2.38. The van der Waals surface area contributed by atoms with E-state index >= 15 is 0 Å². The van der Waals surface area contributed by atoms with Gasteiger partial charge in [0.1, 0.15) is 11.6 Å². The summed E-state index contributed by atoms with van der Waals surface area (Å²) in [4.78, 5) is 0. The fourth-order valence-corrected chi connectivity index (χ4v) is 2.75. The van der Waals surface area contributed by atoms with Crippen LogP contribution in [0.25, 0.3) is 0 Å². The Bertz CT molecular complexity index is 409. The molecule has 0 amide bonds. The molecule has 0 saturated heterocycles. The molecule has 1 aromatic rings. The number of rotatable bonds is 3. The minimum absolute atomic E-state index is 0.273. The first-order chi connectivity index (χ1) is 8.54. The van der Waals surface area contributed by atoms with Crippen LogP contribution in [0.4, 0.5) is 8.78 Å². The van der Waals surface area contributed by atoms with E-state index in [2.05, 4.69) is 6.92 Å². The van der Waals surface area contributed by atoms with E-state index in [1.54, 1.807) is 7.11 Å². The van der Waals surface area contributed by atoms with E-state index in [1.165, 1.54) is 12.1 Å². The molecule has 1 aliphatic carbocycles. The van der Waals surface area contributed by atoms with Crippen LogP contribution in [-0.4, -0.2) is 12.7 Å². The van der Waals surface area contributed by atoms with Gasteiger partial charge >= 0.3 is 0 Å². The van der Waals surface area contributed by atoms with Gasteiger partial charge in [-0.3, -0.25) is 0 Å². The van der Waals surface area contributed by atoms with E-state index in [0.29, 0.717) is 17.9 Å². The molecule has 0 radical (unpaired) electrons. The van der Waals surface area contributed by atoms with Gasteiger partial charge < -0.3 is 4.74 Å². The van der Waals surface area contributed by atoms with Crippen molar-refractivity contribution in [2.45, 2.75) is 44.6 Å². The molecule has 0 atom stereocenters. The molecule has 0 aliphatic heterocycles. The number of benzene rings is 1. The van der Waals surface area contributed by atoms with Gasteiger partial charge in [-0.25, -0.2) is 8.78 Å². The Morgan fingerprint density at radius 1 is 1.28 bits per heavy atom. The fourth-order valence-electron chi connectivity index (χ4n) is 2.75.